The van der Waals surface area contributed by atoms with Crippen molar-refractivity contribution in [1.29, 1.82) is 0 Å². The molecule has 0 aromatic heterocycles. The molecule has 0 amide bonds. The van der Waals surface area contributed by atoms with Gasteiger partial charge >= 0.3 is 0 Å². The fourth-order valence-corrected chi connectivity index (χ4v) is 7.93. The van der Waals surface area contributed by atoms with Gasteiger partial charge in [-0.3, -0.25) is 0 Å². The van der Waals surface area contributed by atoms with Gasteiger partial charge in [0, 0.05) is 0 Å². The third-order valence-electron chi connectivity index (χ3n) is 6.26. The van der Waals surface area contributed by atoms with Gasteiger partial charge in [-0.2, -0.15) is 0 Å². The summed E-state index contributed by atoms with van der Waals surface area (Å²) in [6.45, 7) is 0. The van der Waals surface area contributed by atoms with Crippen molar-refractivity contribution in [3.05, 3.63) is 60.7 Å². The van der Waals surface area contributed by atoms with Crippen molar-refractivity contribution < 1.29 is 9.05 Å². The molecule has 2 nitrogen and oxygen atoms in total. The molecule has 0 atom stereocenters. The van der Waals surface area contributed by atoms with E-state index in [2.05, 4.69) is 24.3 Å². The Balaban J connectivity index is 1.46. The van der Waals surface area contributed by atoms with Gasteiger partial charge in [0.1, 0.15) is 11.5 Å². The van der Waals surface area contributed by atoms with Crippen LogP contribution in [-0.2, 0) is 0 Å². The SMILES string of the molecule is c1ccc(OP(Oc2ccccc2)C23CC4CC(CC(C4)C2)C3)cc1. The van der Waals surface area contributed by atoms with Crippen LogP contribution >= 0.6 is 8.38 Å². The molecule has 3 heteroatoms. The standard InChI is InChI=1S/C22H25O2P/c1-3-7-20(8-4-1)23-25(24-21-9-5-2-6-10-21)22-14-17-11-18(15-22)13-19(12-17)16-22/h1-10,17-19H,11-16H2. The van der Waals surface area contributed by atoms with Gasteiger partial charge in [0.15, 0.2) is 0 Å². The molecule has 4 fully saturated rings. The minimum absolute atomic E-state index is 0.246. The van der Waals surface area contributed by atoms with E-state index in [9.17, 15) is 0 Å². The summed E-state index contributed by atoms with van der Waals surface area (Å²) in [6.07, 6.45) is 8.22. The number of para-hydroxylation sites is 2. The van der Waals surface area contributed by atoms with Gasteiger partial charge in [-0.15, -0.1) is 0 Å². The first-order chi connectivity index (χ1) is 12.3. The van der Waals surface area contributed by atoms with Crippen LogP contribution in [0.3, 0.4) is 0 Å². The molecular formula is C22H25O2P. The summed E-state index contributed by atoms with van der Waals surface area (Å²) in [4.78, 5) is 0. The van der Waals surface area contributed by atoms with Gasteiger partial charge in [-0.25, -0.2) is 0 Å². The Kier molecular flexibility index (Phi) is 3.97. The topological polar surface area (TPSA) is 18.5 Å². The van der Waals surface area contributed by atoms with E-state index < -0.39 is 8.38 Å². The van der Waals surface area contributed by atoms with Gasteiger partial charge < -0.3 is 9.05 Å². The summed E-state index contributed by atoms with van der Waals surface area (Å²) in [6, 6.07) is 20.5. The molecular weight excluding hydrogens is 327 g/mol. The average molecular weight is 352 g/mol. The predicted octanol–water partition coefficient (Wildman–Crippen LogP) is 6.43. The van der Waals surface area contributed by atoms with Crippen molar-refractivity contribution in [2.45, 2.75) is 43.7 Å². The molecule has 0 saturated heterocycles. The largest absolute Gasteiger partial charge is 0.438 e. The van der Waals surface area contributed by atoms with Crippen LogP contribution in [0.2, 0.25) is 0 Å². The third-order valence-corrected chi connectivity index (χ3v) is 8.33. The van der Waals surface area contributed by atoms with E-state index in [1.165, 1.54) is 38.5 Å². The fourth-order valence-electron chi connectivity index (χ4n) is 5.66. The van der Waals surface area contributed by atoms with Crippen molar-refractivity contribution in [3.63, 3.8) is 0 Å². The lowest BCUT2D eigenvalue weighted by atomic mass is 9.56. The van der Waals surface area contributed by atoms with Crippen LogP contribution in [0.5, 0.6) is 11.5 Å². The van der Waals surface area contributed by atoms with Gasteiger partial charge in [0.25, 0.3) is 8.38 Å². The van der Waals surface area contributed by atoms with E-state index in [4.69, 9.17) is 9.05 Å². The lowest BCUT2D eigenvalue weighted by Crippen LogP contribution is -2.50. The zero-order valence-electron chi connectivity index (χ0n) is 14.5. The fraction of sp³-hybridized carbons (Fsp3) is 0.455. The molecule has 0 N–H and O–H groups in total. The summed E-state index contributed by atoms with van der Waals surface area (Å²) < 4.78 is 13.1. The molecule has 0 radical (unpaired) electrons. The Morgan fingerprint density at radius 3 is 1.44 bits per heavy atom. The Bertz CT molecular complexity index is 639. The van der Waals surface area contributed by atoms with E-state index in [1.807, 2.05) is 36.4 Å². The molecule has 0 aliphatic heterocycles. The van der Waals surface area contributed by atoms with Crippen LogP contribution in [0.4, 0.5) is 0 Å². The van der Waals surface area contributed by atoms with Gasteiger partial charge in [0.05, 0.1) is 5.16 Å². The summed E-state index contributed by atoms with van der Waals surface area (Å²) in [7, 11) is -0.987. The monoisotopic (exact) mass is 352 g/mol. The molecule has 4 aliphatic rings. The second-order valence-electron chi connectivity index (χ2n) is 8.21. The quantitative estimate of drug-likeness (QED) is 0.578. The highest BCUT2D eigenvalue weighted by molar-refractivity contribution is 7.50. The molecule has 4 bridgehead atoms. The first-order valence-corrected chi connectivity index (χ1v) is 10.7. The molecule has 4 saturated carbocycles. The maximum Gasteiger partial charge on any atom is 0.297 e. The molecule has 0 heterocycles. The molecule has 4 aliphatic carbocycles. The van der Waals surface area contributed by atoms with Crippen LogP contribution in [0.15, 0.2) is 60.7 Å². The summed E-state index contributed by atoms with van der Waals surface area (Å²) in [5.41, 5.74) is 0. The van der Waals surface area contributed by atoms with Crippen LogP contribution in [0.25, 0.3) is 0 Å². The van der Waals surface area contributed by atoms with E-state index in [-0.39, 0.29) is 5.16 Å². The van der Waals surface area contributed by atoms with Crippen molar-refractivity contribution in [1.82, 2.24) is 0 Å². The van der Waals surface area contributed by atoms with Gasteiger partial charge in [-0.05, 0) is 80.5 Å². The average Bonchev–Trinajstić information content (AvgIpc) is 2.62. The highest BCUT2D eigenvalue weighted by Gasteiger charge is 2.57. The molecule has 25 heavy (non-hydrogen) atoms. The molecule has 0 unspecified atom stereocenters. The van der Waals surface area contributed by atoms with E-state index >= 15 is 0 Å². The Morgan fingerprint density at radius 2 is 1.04 bits per heavy atom. The molecule has 0 spiro atoms. The maximum absolute atomic E-state index is 6.55. The van der Waals surface area contributed by atoms with E-state index in [0.29, 0.717) is 0 Å². The van der Waals surface area contributed by atoms with Gasteiger partial charge in [-0.1, -0.05) is 36.4 Å². The zero-order valence-corrected chi connectivity index (χ0v) is 15.4. The minimum Gasteiger partial charge on any atom is -0.438 e. The summed E-state index contributed by atoms with van der Waals surface area (Å²) in [5, 5.41) is 0.246. The normalized spacial score (nSPS) is 32.8. The number of hydrogen-bond donors (Lipinski definition) is 0. The molecule has 2 aromatic rings. The first-order valence-electron chi connectivity index (χ1n) is 9.55. The number of benzene rings is 2. The van der Waals surface area contributed by atoms with Crippen molar-refractivity contribution in [2.24, 2.45) is 17.8 Å². The highest BCUT2D eigenvalue weighted by Crippen LogP contribution is 2.68. The first kappa shape index (κ1) is 15.7. The van der Waals surface area contributed by atoms with Crippen molar-refractivity contribution in [2.75, 3.05) is 0 Å². The lowest BCUT2D eigenvalue weighted by molar-refractivity contribution is 0.0294. The van der Waals surface area contributed by atoms with Gasteiger partial charge in [0.2, 0.25) is 0 Å². The molecule has 130 valence electrons. The number of rotatable bonds is 5. The van der Waals surface area contributed by atoms with Crippen LogP contribution < -0.4 is 9.05 Å². The molecule has 6 rings (SSSR count). The minimum atomic E-state index is -0.987. The summed E-state index contributed by atoms with van der Waals surface area (Å²) in [5.74, 6) is 4.58. The lowest BCUT2D eigenvalue weighted by Gasteiger charge is -2.57. The van der Waals surface area contributed by atoms with E-state index in [0.717, 1.165) is 29.3 Å². The second kappa shape index (κ2) is 6.32. The summed E-state index contributed by atoms with van der Waals surface area (Å²) >= 11 is 0. The Labute approximate surface area is 151 Å². The Hall–Kier alpha value is -1.53. The predicted molar refractivity (Wildman–Crippen MR) is 102 cm³/mol. The van der Waals surface area contributed by atoms with Crippen molar-refractivity contribution >= 4 is 8.38 Å². The smallest absolute Gasteiger partial charge is 0.297 e. The van der Waals surface area contributed by atoms with Crippen molar-refractivity contribution in [3.8, 4) is 11.5 Å². The van der Waals surface area contributed by atoms with Crippen LogP contribution in [0, 0.1) is 17.8 Å². The Morgan fingerprint density at radius 1 is 0.640 bits per heavy atom. The maximum atomic E-state index is 6.55. The third kappa shape index (κ3) is 3.06. The van der Waals surface area contributed by atoms with Crippen LogP contribution in [-0.4, -0.2) is 5.16 Å². The molecule has 2 aromatic carbocycles. The zero-order chi connectivity index (χ0) is 16.7. The van der Waals surface area contributed by atoms with Crippen LogP contribution in [0.1, 0.15) is 38.5 Å². The highest BCUT2D eigenvalue weighted by atomic mass is 31.2. The second-order valence-corrected chi connectivity index (χ2v) is 10.0. The van der Waals surface area contributed by atoms with E-state index in [1.54, 1.807) is 0 Å². The number of hydrogen-bond acceptors (Lipinski definition) is 2.